The van der Waals surface area contributed by atoms with Crippen LogP contribution in [0.2, 0.25) is 0 Å². The van der Waals surface area contributed by atoms with Gasteiger partial charge in [-0.25, -0.2) is 8.42 Å². The van der Waals surface area contributed by atoms with Gasteiger partial charge in [0.1, 0.15) is 16.5 Å². The fourth-order valence-electron chi connectivity index (χ4n) is 3.46. The van der Waals surface area contributed by atoms with Crippen LogP contribution in [-0.2, 0) is 21.0 Å². The van der Waals surface area contributed by atoms with Crippen LogP contribution in [0.1, 0.15) is 0 Å². The lowest BCUT2D eigenvalue weighted by molar-refractivity contribution is -0.0517. The van der Waals surface area contributed by atoms with Gasteiger partial charge in [0, 0.05) is 0 Å². The van der Waals surface area contributed by atoms with Gasteiger partial charge in [0.2, 0.25) is 10.3 Å². The molecule has 0 amide bonds. The first-order chi connectivity index (χ1) is 17.1. The molecule has 0 N–H and O–H groups in total. The summed E-state index contributed by atoms with van der Waals surface area (Å²) < 4.78 is 65.2. The lowest BCUT2D eigenvalue weighted by Gasteiger charge is -2.10. The molecular weight excluding hydrogens is 513 g/mol. The third-order valence-electron chi connectivity index (χ3n) is 5.03. The number of para-hydroxylation sites is 2. The maximum absolute atomic E-state index is 13.1. The van der Waals surface area contributed by atoms with Crippen LogP contribution in [0.4, 0.5) is 13.2 Å². The Labute approximate surface area is 206 Å². The molecule has 0 fully saturated rings. The number of hydrogen-bond acceptors (Lipinski definition) is 5. The van der Waals surface area contributed by atoms with Crippen molar-refractivity contribution < 1.29 is 30.6 Å². The Morgan fingerprint density at radius 2 is 1.17 bits per heavy atom. The van der Waals surface area contributed by atoms with E-state index in [1.54, 1.807) is 0 Å². The van der Waals surface area contributed by atoms with Crippen molar-refractivity contribution in [1.82, 2.24) is 0 Å². The summed E-state index contributed by atoms with van der Waals surface area (Å²) in [6.07, 6.45) is 0. The van der Waals surface area contributed by atoms with E-state index in [0.29, 0.717) is 21.9 Å². The van der Waals surface area contributed by atoms with Gasteiger partial charge in [-0.1, -0.05) is 54.6 Å². The highest BCUT2D eigenvalue weighted by molar-refractivity contribution is 7.97. The molecule has 0 unspecified atom stereocenters. The van der Waals surface area contributed by atoms with Crippen molar-refractivity contribution >= 4 is 43.0 Å². The smallest absolute Gasteiger partial charge is 0.485 e. The van der Waals surface area contributed by atoms with Crippen LogP contribution in [0, 0.1) is 0 Å². The quantitative estimate of drug-likeness (QED) is 0.122. The minimum Gasteiger partial charge on any atom is -0.741 e. The number of halogens is 3. The van der Waals surface area contributed by atoms with Gasteiger partial charge < -0.3 is 8.97 Å². The molecule has 10 heteroatoms. The molecule has 184 valence electrons. The normalized spacial score (nSPS) is 11.9. The molecule has 0 saturated carbocycles. The second-order valence-corrected chi connectivity index (χ2v) is 10.8. The minimum atomic E-state index is -6.09. The molecule has 5 rings (SSSR count). The Bertz CT molecular complexity index is 1630. The summed E-state index contributed by atoms with van der Waals surface area (Å²) in [5.41, 5.74) is -4.34. The minimum absolute atomic E-state index is 0.0170. The molecule has 5 nitrogen and oxygen atoms in total. The van der Waals surface area contributed by atoms with Crippen molar-refractivity contribution in [2.45, 2.75) is 20.2 Å². The van der Waals surface area contributed by atoms with Gasteiger partial charge in [0.05, 0.1) is 10.8 Å². The molecule has 5 aromatic rings. The van der Waals surface area contributed by atoms with Gasteiger partial charge in [0.15, 0.2) is 25.5 Å². The molecule has 0 atom stereocenters. The number of hydrogen-bond donors (Lipinski definition) is 0. The van der Waals surface area contributed by atoms with Gasteiger partial charge in [0.25, 0.3) is 0 Å². The molecule has 1 heterocycles. The lowest BCUT2D eigenvalue weighted by atomic mass is 10.1. The Kier molecular flexibility index (Phi) is 7.21. The number of benzene rings is 4. The van der Waals surface area contributed by atoms with Gasteiger partial charge in [-0.2, -0.15) is 13.2 Å². The summed E-state index contributed by atoms with van der Waals surface area (Å²) in [6, 6.07) is 34.1. The Balaban J connectivity index is 0.000000331. The zero-order valence-electron chi connectivity index (χ0n) is 18.3. The lowest BCUT2D eigenvalue weighted by Crippen LogP contribution is -2.21. The molecule has 1 aromatic heterocycles. The van der Waals surface area contributed by atoms with Crippen LogP contribution in [0.25, 0.3) is 21.9 Å². The van der Waals surface area contributed by atoms with Crippen LogP contribution in [0.3, 0.4) is 0 Å². The summed E-state index contributed by atoms with van der Waals surface area (Å²) in [5.74, 6) is 0. The van der Waals surface area contributed by atoms with Crippen LogP contribution >= 0.6 is 0 Å². The Morgan fingerprint density at radius 1 is 0.694 bits per heavy atom. The van der Waals surface area contributed by atoms with E-state index >= 15 is 0 Å². The molecule has 0 saturated heterocycles. The summed E-state index contributed by atoms with van der Waals surface area (Å²) in [5, 5.41) is 1.24. The molecule has 4 aromatic carbocycles. The van der Waals surface area contributed by atoms with E-state index in [1.807, 2.05) is 48.5 Å². The average molecular weight is 531 g/mol. The summed E-state index contributed by atoms with van der Waals surface area (Å²) in [4.78, 5) is 16.5. The van der Waals surface area contributed by atoms with E-state index in [2.05, 4.69) is 54.6 Å². The maximum atomic E-state index is 13.1. The van der Waals surface area contributed by atoms with Crippen molar-refractivity contribution in [3.05, 3.63) is 113 Å². The molecule has 0 spiro atoms. The average Bonchev–Trinajstić information content (AvgIpc) is 2.85. The van der Waals surface area contributed by atoms with Gasteiger partial charge in [-0.15, -0.1) is 0 Å². The van der Waals surface area contributed by atoms with Crippen LogP contribution < -0.4 is 5.43 Å². The van der Waals surface area contributed by atoms with Gasteiger partial charge in [-0.05, 0) is 48.5 Å². The van der Waals surface area contributed by atoms with Crippen molar-refractivity contribution in [2.24, 2.45) is 0 Å². The van der Waals surface area contributed by atoms with E-state index in [-0.39, 0.29) is 16.3 Å². The second-order valence-electron chi connectivity index (χ2n) is 7.39. The van der Waals surface area contributed by atoms with Crippen LogP contribution in [0.5, 0.6) is 0 Å². The van der Waals surface area contributed by atoms with E-state index in [9.17, 15) is 18.0 Å². The Hall–Kier alpha value is -3.60. The Morgan fingerprint density at radius 3 is 1.69 bits per heavy atom. The largest absolute Gasteiger partial charge is 0.741 e. The predicted octanol–water partition coefficient (Wildman–Crippen LogP) is 6.09. The summed E-state index contributed by atoms with van der Waals surface area (Å²) in [6.45, 7) is 0. The fraction of sp³-hybridized carbons (Fsp3) is 0.0385. The molecule has 36 heavy (non-hydrogen) atoms. The number of rotatable bonds is 3. The first-order valence-electron chi connectivity index (χ1n) is 10.4. The van der Waals surface area contributed by atoms with Crippen molar-refractivity contribution in [3.8, 4) is 0 Å². The summed E-state index contributed by atoms with van der Waals surface area (Å²) >= 11 is 0. The zero-order valence-corrected chi connectivity index (χ0v) is 19.9. The van der Waals surface area contributed by atoms with E-state index in [1.165, 1.54) is 9.79 Å². The highest BCUT2D eigenvalue weighted by atomic mass is 32.2. The van der Waals surface area contributed by atoms with Gasteiger partial charge >= 0.3 is 5.51 Å². The van der Waals surface area contributed by atoms with E-state index in [4.69, 9.17) is 17.4 Å². The van der Waals surface area contributed by atoms with Gasteiger partial charge in [-0.3, -0.25) is 4.79 Å². The van der Waals surface area contributed by atoms with E-state index < -0.39 is 15.6 Å². The second kappa shape index (κ2) is 10.2. The highest BCUT2D eigenvalue weighted by Gasteiger charge is 2.37. The molecular formula is C26H17F3O5S2. The molecule has 0 bridgehead atoms. The zero-order chi connectivity index (χ0) is 25.9. The standard InChI is InChI=1S/C25H17O2S.CHF3O3S/c26-24-20-14-7-8-16-22(20)27-25-21(24)15-9-17-23(25)28(18-10-3-1-4-11-18)19-12-5-2-6-13-19;2-1(3,4)8(5,6)7/h1-17H;(H,5,6,7)/q+1;/p-1. The van der Waals surface area contributed by atoms with Crippen LogP contribution in [0.15, 0.2) is 127 Å². The third kappa shape index (κ3) is 5.30. The maximum Gasteiger partial charge on any atom is 0.485 e. The monoisotopic (exact) mass is 530 g/mol. The first-order valence-corrected chi connectivity index (χ1v) is 13.0. The third-order valence-corrected chi connectivity index (χ3v) is 7.84. The number of alkyl halides is 3. The van der Waals surface area contributed by atoms with Crippen molar-refractivity contribution in [2.75, 3.05) is 0 Å². The molecule has 0 aliphatic rings. The molecule has 0 aliphatic carbocycles. The molecule has 0 radical (unpaired) electrons. The van der Waals surface area contributed by atoms with E-state index in [0.717, 1.165) is 4.90 Å². The highest BCUT2D eigenvalue weighted by Crippen LogP contribution is 2.35. The summed E-state index contributed by atoms with van der Waals surface area (Å²) in [7, 11) is -6.46. The van der Waals surface area contributed by atoms with Crippen LogP contribution in [-0.4, -0.2) is 18.5 Å². The first kappa shape index (κ1) is 25.5. The predicted molar refractivity (Wildman–Crippen MR) is 131 cm³/mol. The van der Waals surface area contributed by atoms with Crippen molar-refractivity contribution in [1.29, 1.82) is 0 Å². The molecule has 0 aliphatic heterocycles. The topological polar surface area (TPSA) is 87.4 Å². The number of fused-ring (bicyclic) bond motifs is 2. The fourth-order valence-corrected chi connectivity index (χ4v) is 5.65. The van der Waals surface area contributed by atoms with Crippen molar-refractivity contribution in [3.63, 3.8) is 0 Å². The SMILES string of the molecule is O=S(=O)([O-])C(F)(F)F.O=c1c2ccccc2oc2c([S+](c3ccccc3)c3ccccc3)cccc12.